The number of rotatable bonds is 7. The Morgan fingerprint density at radius 3 is 1.75 bits per heavy atom. The fourth-order valence-electron chi connectivity index (χ4n) is 5.65. The number of para-hydroxylation sites is 2. The van der Waals surface area contributed by atoms with Crippen LogP contribution in [0.25, 0.3) is 11.0 Å². The summed E-state index contributed by atoms with van der Waals surface area (Å²) >= 11 is 11.1. The standard InChI is InChI=1S/C33H36N8O8S4/c1-21-7-9-23(52(44,45)39-11-15-48-16-12-39)19-25(21)29(42)36-32(50)38-41(31-34-27-5-3-4-6-28(27)35-31)33(51)37-30(43)26-20-24(10-8-22(26)2)53(46,47)40-13-17-49-18-14-40/h3-10,19-20H,11-18H2,1-2H3,(H,34,35)(H,37,43,51)(H2,36,38,42,50). The van der Waals surface area contributed by atoms with Gasteiger partial charge in [-0.05, 0) is 85.8 Å². The lowest BCUT2D eigenvalue weighted by Gasteiger charge is -2.26. The molecule has 2 saturated heterocycles. The smallest absolute Gasteiger partial charge is 0.257 e. The van der Waals surface area contributed by atoms with Crippen LogP contribution in [0, 0.1) is 13.8 Å². The van der Waals surface area contributed by atoms with Crippen molar-refractivity contribution in [2.75, 3.05) is 57.6 Å². The number of hydrogen-bond acceptors (Lipinski definition) is 11. The van der Waals surface area contributed by atoms with Crippen LogP contribution in [0.5, 0.6) is 0 Å². The van der Waals surface area contributed by atoms with E-state index < -0.39 is 31.9 Å². The van der Waals surface area contributed by atoms with E-state index >= 15 is 0 Å². The number of H-pyrrole nitrogens is 1. The number of sulfonamides is 2. The highest BCUT2D eigenvalue weighted by molar-refractivity contribution is 7.89. The number of benzene rings is 3. The topological polar surface area (TPSA) is 195 Å². The number of amides is 2. The van der Waals surface area contributed by atoms with E-state index in [0.29, 0.717) is 22.2 Å². The summed E-state index contributed by atoms with van der Waals surface area (Å²) in [6.45, 7) is 5.15. The fourth-order valence-corrected chi connectivity index (χ4v) is 8.93. The number of aryl methyl sites for hydroxylation is 2. The van der Waals surface area contributed by atoms with Crippen LogP contribution in [0.3, 0.4) is 0 Å². The van der Waals surface area contributed by atoms with Crippen molar-refractivity contribution < 1.29 is 35.9 Å². The molecule has 53 heavy (non-hydrogen) atoms. The maximum Gasteiger partial charge on any atom is 0.257 e. The molecule has 0 spiro atoms. The van der Waals surface area contributed by atoms with Crippen LogP contribution in [0.15, 0.2) is 70.5 Å². The molecule has 0 unspecified atom stereocenters. The van der Waals surface area contributed by atoms with Crippen LogP contribution in [0.1, 0.15) is 31.8 Å². The van der Waals surface area contributed by atoms with Crippen molar-refractivity contribution in [3.63, 3.8) is 0 Å². The van der Waals surface area contributed by atoms with E-state index in [9.17, 15) is 26.4 Å². The molecular weight excluding hydrogens is 765 g/mol. The lowest BCUT2D eigenvalue weighted by atomic mass is 10.1. The normalized spacial score (nSPS) is 15.8. The molecule has 0 saturated carbocycles. The highest BCUT2D eigenvalue weighted by Gasteiger charge is 2.30. The van der Waals surface area contributed by atoms with Gasteiger partial charge >= 0.3 is 0 Å². The molecule has 2 aliphatic rings. The summed E-state index contributed by atoms with van der Waals surface area (Å²) in [4.78, 5) is 34.7. The van der Waals surface area contributed by atoms with Crippen molar-refractivity contribution in [1.82, 2.24) is 34.6 Å². The minimum Gasteiger partial charge on any atom is -0.379 e. The van der Waals surface area contributed by atoms with Crippen LogP contribution in [-0.4, -0.2) is 110 Å². The summed E-state index contributed by atoms with van der Waals surface area (Å²) < 4.78 is 66.4. The van der Waals surface area contributed by atoms with Gasteiger partial charge in [0.1, 0.15) is 0 Å². The van der Waals surface area contributed by atoms with Gasteiger partial charge in [0.05, 0.1) is 47.3 Å². The Kier molecular flexibility index (Phi) is 11.5. The third-order valence-corrected chi connectivity index (χ3v) is 12.8. The third-order valence-electron chi connectivity index (χ3n) is 8.58. The average molecular weight is 801 g/mol. The van der Waals surface area contributed by atoms with Gasteiger partial charge < -0.3 is 14.5 Å². The maximum atomic E-state index is 13.7. The Labute approximate surface area is 316 Å². The summed E-state index contributed by atoms with van der Waals surface area (Å²) in [5, 5.41) is 5.79. The van der Waals surface area contributed by atoms with Crippen LogP contribution in [0.2, 0.25) is 0 Å². The molecule has 4 aromatic rings. The van der Waals surface area contributed by atoms with Gasteiger partial charge in [-0.25, -0.2) is 21.8 Å². The Bertz CT molecular complexity index is 2270. The van der Waals surface area contributed by atoms with E-state index in [-0.39, 0.29) is 89.7 Å². The van der Waals surface area contributed by atoms with Crippen molar-refractivity contribution in [2.45, 2.75) is 23.6 Å². The number of aromatic nitrogens is 2. The van der Waals surface area contributed by atoms with E-state index in [4.69, 9.17) is 33.9 Å². The number of fused-ring (bicyclic) bond motifs is 1. The summed E-state index contributed by atoms with van der Waals surface area (Å²) in [6, 6.07) is 15.6. The molecule has 2 fully saturated rings. The first kappa shape index (κ1) is 38.3. The number of morpholine rings is 2. The number of anilines is 1. The molecule has 20 heteroatoms. The van der Waals surface area contributed by atoms with E-state index in [2.05, 4.69) is 26.0 Å². The fraction of sp³-hybridized carbons (Fsp3) is 0.303. The lowest BCUT2D eigenvalue weighted by molar-refractivity contribution is 0.0730. The van der Waals surface area contributed by atoms with Gasteiger partial charge in [0.2, 0.25) is 31.1 Å². The Morgan fingerprint density at radius 1 is 0.755 bits per heavy atom. The summed E-state index contributed by atoms with van der Waals surface area (Å²) in [5.41, 5.74) is 5.09. The Hall–Kier alpha value is -4.41. The largest absolute Gasteiger partial charge is 0.379 e. The van der Waals surface area contributed by atoms with Crippen molar-refractivity contribution in [1.29, 1.82) is 0 Å². The van der Waals surface area contributed by atoms with Gasteiger partial charge in [0, 0.05) is 37.3 Å². The monoisotopic (exact) mass is 800 g/mol. The number of nitrogens with one attached hydrogen (secondary N) is 4. The van der Waals surface area contributed by atoms with Gasteiger partial charge in [-0.3, -0.25) is 25.6 Å². The summed E-state index contributed by atoms with van der Waals surface area (Å²) in [6.07, 6.45) is 0. The van der Waals surface area contributed by atoms with Crippen LogP contribution in [0.4, 0.5) is 5.95 Å². The second kappa shape index (κ2) is 15.9. The van der Waals surface area contributed by atoms with E-state index in [1.807, 2.05) is 0 Å². The molecule has 0 atom stereocenters. The molecular formula is C33H36N8O8S4. The van der Waals surface area contributed by atoms with Crippen LogP contribution >= 0.6 is 24.4 Å². The zero-order valence-corrected chi connectivity index (χ0v) is 31.9. The highest BCUT2D eigenvalue weighted by atomic mass is 32.2. The Morgan fingerprint density at radius 2 is 1.25 bits per heavy atom. The van der Waals surface area contributed by atoms with Crippen molar-refractivity contribution in [2.24, 2.45) is 0 Å². The maximum absolute atomic E-state index is 13.7. The van der Waals surface area contributed by atoms with Gasteiger partial charge in [0.15, 0.2) is 5.11 Å². The minimum atomic E-state index is -3.90. The van der Waals surface area contributed by atoms with Gasteiger partial charge in [-0.15, -0.1) is 0 Å². The van der Waals surface area contributed by atoms with Crippen LogP contribution < -0.4 is 21.1 Å². The molecule has 1 aromatic heterocycles. The molecule has 2 amide bonds. The Balaban J connectivity index is 1.23. The number of aromatic amines is 1. The van der Waals surface area contributed by atoms with Crippen molar-refractivity contribution in [3.8, 4) is 0 Å². The lowest BCUT2D eigenvalue weighted by Crippen LogP contribution is -2.56. The molecule has 2 aliphatic heterocycles. The zero-order chi connectivity index (χ0) is 37.9. The minimum absolute atomic E-state index is 0.0565. The molecule has 3 heterocycles. The molecule has 0 aliphatic carbocycles. The van der Waals surface area contributed by atoms with Gasteiger partial charge in [0.25, 0.3) is 11.8 Å². The number of carbonyl (C=O) groups is 2. The van der Waals surface area contributed by atoms with Crippen molar-refractivity contribution in [3.05, 3.63) is 82.9 Å². The van der Waals surface area contributed by atoms with Crippen molar-refractivity contribution >= 4 is 83.5 Å². The molecule has 4 N–H and O–H groups in total. The first-order chi connectivity index (χ1) is 25.3. The predicted molar refractivity (Wildman–Crippen MR) is 203 cm³/mol. The molecule has 16 nitrogen and oxygen atoms in total. The van der Waals surface area contributed by atoms with E-state index in [1.54, 1.807) is 38.1 Å². The number of thiocarbonyl (C=S) groups is 2. The van der Waals surface area contributed by atoms with E-state index in [1.165, 1.54) is 45.0 Å². The van der Waals surface area contributed by atoms with Gasteiger partial charge in [-0.1, -0.05) is 24.3 Å². The second-order valence-electron chi connectivity index (χ2n) is 12.1. The number of carbonyl (C=O) groups excluding carboxylic acids is 2. The number of imidazole rings is 1. The molecule has 6 rings (SSSR count). The molecule has 0 radical (unpaired) electrons. The zero-order valence-electron chi connectivity index (χ0n) is 28.6. The first-order valence-corrected chi connectivity index (χ1v) is 20.0. The first-order valence-electron chi connectivity index (χ1n) is 16.3. The summed E-state index contributed by atoms with van der Waals surface area (Å²) in [7, 11) is -7.79. The van der Waals surface area contributed by atoms with Crippen LogP contribution in [-0.2, 0) is 29.5 Å². The third kappa shape index (κ3) is 8.39. The number of hydrazine groups is 1. The number of nitrogens with zero attached hydrogens (tertiary/aromatic N) is 4. The number of ether oxygens (including phenoxy) is 2. The summed E-state index contributed by atoms with van der Waals surface area (Å²) in [5.74, 6) is -1.31. The van der Waals surface area contributed by atoms with Gasteiger partial charge in [-0.2, -0.15) is 13.6 Å². The highest BCUT2D eigenvalue weighted by Crippen LogP contribution is 2.23. The number of hydrogen-bond donors (Lipinski definition) is 4. The molecule has 3 aromatic carbocycles. The van der Waals surface area contributed by atoms with E-state index in [0.717, 1.165) is 5.01 Å². The second-order valence-corrected chi connectivity index (χ2v) is 16.7. The average Bonchev–Trinajstić information content (AvgIpc) is 3.58. The SMILES string of the molecule is Cc1ccc(S(=O)(=O)N2CCOCC2)cc1C(=O)NC(=S)NN(C(=S)NC(=O)c1cc(S(=O)(=O)N2CCOCC2)ccc1C)c1nc2ccccc2[nH]1. The quantitative estimate of drug-likeness (QED) is 0.157. The molecule has 280 valence electrons. The predicted octanol–water partition coefficient (Wildman–Crippen LogP) is 1.96. The molecule has 0 bridgehead atoms.